The predicted octanol–water partition coefficient (Wildman–Crippen LogP) is 3.67. The highest BCUT2D eigenvalue weighted by atomic mass is 32.2. The van der Waals surface area contributed by atoms with Gasteiger partial charge in [-0.25, -0.2) is 0 Å². The van der Waals surface area contributed by atoms with Crippen LogP contribution in [0, 0.1) is 10.1 Å². The number of piperazine rings is 1. The summed E-state index contributed by atoms with van der Waals surface area (Å²) in [6.07, 6.45) is -2.08. The summed E-state index contributed by atoms with van der Waals surface area (Å²) in [7, 11) is -4.68. The molecular weight excluding hydrogens is 539 g/mol. The number of hydrogen-bond acceptors (Lipinski definition) is 6. The fraction of sp³-hybridized carbons (Fsp3) is 0.346. The van der Waals surface area contributed by atoms with Gasteiger partial charge in [0.2, 0.25) is 0 Å². The Morgan fingerprint density at radius 1 is 1.00 bits per heavy atom. The number of amides is 1. The van der Waals surface area contributed by atoms with Crippen molar-refractivity contribution in [3.63, 3.8) is 0 Å². The molecule has 1 fully saturated rings. The van der Waals surface area contributed by atoms with E-state index in [1.165, 1.54) is 29.2 Å². The third-order valence-electron chi connectivity index (χ3n) is 6.96. The van der Waals surface area contributed by atoms with Gasteiger partial charge in [-0.2, -0.15) is 21.6 Å². The van der Waals surface area contributed by atoms with Crippen molar-refractivity contribution < 1.29 is 35.9 Å². The number of nitrogens with zero attached hydrogens (tertiary/aromatic N) is 3. The van der Waals surface area contributed by atoms with Gasteiger partial charge >= 0.3 is 17.6 Å². The maximum Gasteiger partial charge on any atom is 0.416 e. The SMILES string of the molecule is O=C(N1CCN(Cc2ccc(C(F)(F)F)cc2)CC1)C1([N+](=O)[O-])CC(c2ccccc2)=CC=C1CS(=O)(=O)O. The highest BCUT2D eigenvalue weighted by Gasteiger charge is 2.58. The molecule has 1 N–H and O–H groups in total. The van der Waals surface area contributed by atoms with E-state index in [0.29, 0.717) is 36.3 Å². The lowest BCUT2D eigenvalue weighted by Crippen LogP contribution is -2.60. The summed E-state index contributed by atoms with van der Waals surface area (Å²) in [5.74, 6) is -1.94. The third kappa shape index (κ3) is 6.37. The molecule has 1 unspecified atom stereocenters. The number of hydrogen-bond donors (Lipinski definition) is 1. The molecule has 13 heteroatoms. The van der Waals surface area contributed by atoms with Crippen LogP contribution < -0.4 is 0 Å². The summed E-state index contributed by atoms with van der Waals surface area (Å²) in [4.78, 5) is 28.8. The van der Waals surface area contributed by atoms with Gasteiger partial charge in [0.15, 0.2) is 0 Å². The van der Waals surface area contributed by atoms with Crippen LogP contribution in [0.3, 0.4) is 0 Å². The second kappa shape index (κ2) is 10.9. The maximum atomic E-state index is 13.8. The second-order valence-corrected chi connectivity index (χ2v) is 11.0. The maximum absolute atomic E-state index is 13.8. The number of carbonyl (C=O) groups is 1. The molecule has 4 rings (SSSR count). The lowest BCUT2D eigenvalue weighted by Gasteiger charge is -2.39. The van der Waals surface area contributed by atoms with Gasteiger partial charge in [0.25, 0.3) is 10.1 Å². The number of carbonyl (C=O) groups excluding carboxylic acids is 1. The van der Waals surface area contributed by atoms with Gasteiger partial charge in [0, 0.05) is 43.2 Å². The van der Waals surface area contributed by atoms with Gasteiger partial charge in [-0.15, -0.1) is 0 Å². The summed E-state index contributed by atoms with van der Waals surface area (Å²) in [6.45, 7) is 1.13. The molecule has 1 aliphatic heterocycles. The molecular formula is C26H26F3N3O6S. The lowest BCUT2D eigenvalue weighted by atomic mass is 9.77. The molecule has 0 radical (unpaired) electrons. The van der Waals surface area contributed by atoms with E-state index >= 15 is 0 Å². The van der Waals surface area contributed by atoms with Crippen molar-refractivity contribution in [2.75, 3.05) is 31.9 Å². The first-order chi connectivity index (χ1) is 18.3. The van der Waals surface area contributed by atoms with Crippen LogP contribution in [-0.4, -0.2) is 71.1 Å². The highest BCUT2D eigenvalue weighted by molar-refractivity contribution is 7.86. The topological polar surface area (TPSA) is 121 Å². The van der Waals surface area contributed by atoms with E-state index in [1.54, 1.807) is 30.3 Å². The van der Waals surface area contributed by atoms with Crippen molar-refractivity contribution >= 4 is 21.6 Å². The van der Waals surface area contributed by atoms with E-state index in [-0.39, 0.29) is 18.7 Å². The molecule has 1 amide bonds. The smallest absolute Gasteiger partial charge is 0.334 e. The average Bonchev–Trinajstić information content (AvgIpc) is 2.88. The van der Waals surface area contributed by atoms with E-state index in [2.05, 4.69) is 0 Å². The van der Waals surface area contributed by atoms with E-state index in [4.69, 9.17) is 0 Å². The quantitative estimate of drug-likeness (QED) is 0.309. The Bertz CT molecular complexity index is 1400. The average molecular weight is 566 g/mol. The van der Waals surface area contributed by atoms with Crippen molar-refractivity contribution in [1.82, 2.24) is 9.80 Å². The fourth-order valence-electron chi connectivity index (χ4n) is 4.90. The Balaban J connectivity index is 1.54. The highest BCUT2D eigenvalue weighted by Crippen LogP contribution is 2.39. The first-order valence-corrected chi connectivity index (χ1v) is 13.6. The van der Waals surface area contributed by atoms with Gasteiger partial charge in [-0.3, -0.25) is 24.4 Å². The molecule has 0 aromatic heterocycles. The van der Waals surface area contributed by atoms with Gasteiger partial charge < -0.3 is 4.90 Å². The van der Waals surface area contributed by atoms with Crippen molar-refractivity contribution in [3.8, 4) is 0 Å². The Kier molecular flexibility index (Phi) is 7.96. The van der Waals surface area contributed by atoms with Crippen molar-refractivity contribution in [2.24, 2.45) is 0 Å². The van der Waals surface area contributed by atoms with Crippen LogP contribution in [0.2, 0.25) is 0 Å². The Morgan fingerprint density at radius 3 is 2.15 bits per heavy atom. The normalized spacial score (nSPS) is 20.8. The molecule has 1 atom stereocenters. The van der Waals surface area contributed by atoms with Crippen LogP contribution >= 0.6 is 0 Å². The Labute approximate surface area is 223 Å². The number of nitro groups is 1. The first kappa shape index (κ1) is 28.5. The molecule has 9 nitrogen and oxygen atoms in total. The second-order valence-electron chi connectivity index (χ2n) is 9.53. The van der Waals surface area contributed by atoms with Crippen LogP contribution in [0.15, 0.2) is 72.3 Å². The zero-order valence-corrected chi connectivity index (χ0v) is 21.5. The number of benzene rings is 2. The number of halogens is 3. The molecule has 2 aliphatic rings. The van der Waals surface area contributed by atoms with Crippen molar-refractivity contribution in [1.29, 1.82) is 0 Å². The first-order valence-electron chi connectivity index (χ1n) is 12.0. The summed E-state index contributed by atoms with van der Waals surface area (Å²) < 4.78 is 71.4. The van der Waals surface area contributed by atoms with E-state index in [0.717, 1.165) is 12.1 Å². The molecule has 1 heterocycles. The van der Waals surface area contributed by atoms with Crippen LogP contribution in [0.4, 0.5) is 13.2 Å². The summed E-state index contributed by atoms with van der Waals surface area (Å²) >= 11 is 0. The monoisotopic (exact) mass is 565 g/mol. The minimum atomic E-state index is -4.68. The Hall–Kier alpha value is -3.55. The molecule has 208 valence electrons. The molecule has 0 spiro atoms. The molecule has 39 heavy (non-hydrogen) atoms. The Morgan fingerprint density at radius 2 is 1.62 bits per heavy atom. The standard InChI is InChI=1S/C26H26F3N3O6S/c27-26(28,29)22-9-6-19(7-10-22)17-30-12-14-31(15-13-30)24(33)25(32(34)35)16-21(20-4-2-1-3-5-20)8-11-23(25)18-39(36,37)38/h1-11H,12-18H2,(H,36,37,38). The van der Waals surface area contributed by atoms with Crippen LogP contribution in [-0.2, 0) is 27.6 Å². The van der Waals surface area contributed by atoms with Gasteiger partial charge in [0.05, 0.1) is 12.0 Å². The van der Waals surface area contributed by atoms with Crippen LogP contribution in [0.5, 0.6) is 0 Å². The predicted molar refractivity (Wildman–Crippen MR) is 137 cm³/mol. The zero-order valence-electron chi connectivity index (χ0n) is 20.7. The molecule has 2 aromatic carbocycles. The minimum Gasteiger partial charge on any atom is -0.334 e. The molecule has 2 aromatic rings. The fourth-order valence-corrected chi connectivity index (χ4v) is 5.63. The zero-order chi connectivity index (χ0) is 28.4. The van der Waals surface area contributed by atoms with Crippen LogP contribution in [0.25, 0.3) is 5.57 Å². The number of alkyl halides is 3. The molecule has 0 saturated carbocycles. The summed E-state index contributed by atoms with van der Waals surface area (Å²) in [5, 5.41) is 12.6. The molecule has 1 aliphatic carbocycles. The van der Waals surface area contributed by atoms with Crippen LogP contribution in [0.1, 0.15) is 23.1 Å². The summed E-state index contributed by atoms with van der Waals surface area (Å²) in [5.41, 5.74) is -1.75. The minimum absolute atomic E-state index is 0.0958. The number of rotatable bonds is 7. The van der Waals surface area contributed by atoms with Gasteiger partial charge in [0.1, 0.15) is 5.75 Å². The van der Waals surface area contributed by atoms with Gasteiger partial charge in [-0.05, 0) is 28.8 Å². The van der Waals surface area contributed by atoms with E-state index in [1.807, 2.05) is 4.90 Å². The van der Waals surface area contributed by atoms with Gasteiger partial charge in [-0.1, -0.05) is 54.6 Å². The summed E-state index contributed by atoms with van der Waals surface area (Å²) in [6, 6.07) is 13.5. The molecule has 1 saturated heterocycles. The lowest BCUT2D eigenvalue weighted by molar-refractivity contribution is -0.541. The molecule has 0 bridgehead atoms. The number of allylic oxidation sites excluding steroid dienone is 2. The van der Waals surface area contributed by atoms with Crippen molar-refractivity contribution in [2.45, 2.75) is 24.7 Å². The largest absolute Gasteiger partial charge is 0.416 e. The van der Waals surface area contributed by atoms with Crippen molar-refractivity contribution in [3.05, 3.63) is 99.1 Å². The van der Waals surface area contributed by atoms with E-state index < -0.39 is 50.4 Å². The third-order valence-corrected chi connectivity index (χ3v) is 7.63. The van der Waals surface area contributed by atoms with E-state index in [9.17, 15) is 41.1 Å².